The molecule has 0 aliphatic heterocycles. The van der Waals surface area contributed by atoms with E-state index in [9.17, 15) is 9.90 Å². The van der Waals surface area contributed by atoms with E-state index in [0.717, 1.165) is 11.1 Å². The van der Waals surface area contributed by atoms with Gasteiger partial charge >= 0.3 is 6.03 Å². The van der Waals surface area contributed by atoms with Crippen LogP contribution in [0.15, 0.2) is 36.5 Å². The van der Waals surface area contributed by atoms with Crippen LogP contribution in [-0.4, -0.2) is 20.9 Å². The molecule has 0 aliphatic rings. The number of hydrogen-bond donors (Lipinski definition) is 3. The second-order valence-corrected chi connectivity index (χ2v) is 4.11. The maximum atomic E-state index is 11.7. The predicted molar refractivity (Wildman–Crippen MR) is 71.4 cm³/mol. The van der Waals surface area contributed by atoms with Gasteiger partial charge in [0.25, 0.3) is 0 Å². The molecule has 0 radical (unpaired) electrons. The SMILES string of the molecule is Cn1ccc(NC(=O)NCc2ccccc2CO)n1. The van der Waals surface area contributed by atoms with Gasteiger partial charge in [0.15, 0.2) is 5.82 Å². The Morgan fingerprint density at radius 3 is 2.68 bits per heavy atom. The van der Waals surface area contributed by atoms with E-state index in [0.29, 0.717) is 12.4 Å². The monoisotopic (exact) mass is 260 g/mol. The molecule has 0 saturated carbocycles. The largest absolute Gasteiger partial charge is 0.392 e. The minimum atomic E-state index is -0.327. The number of urea groups is 1. The molecule has 0 fully saturated rings. The summed E-state index contributed by atoms with van der Waals surface area (Å²) < 4.78 is 1.61. The molecule has 1 aromatic carbocycles. The zero-order valence-corrected chi connectivity index (χ0v) is 10.6. The van der Waals surface area contributed by atoms with E-state index in [2.05, 4.69) is 15.7 Å². The molecule has 6 heteroatoms. The first-order valence-corrected chi connectivity index (χ1v) is 5.91. The lowest BCUT2D eigenvalue weighted by atomic mass is 10.1. The molecule has 1 aromatic heterocycles. The molecular formula is C13H16N4O2. The molecular weight excluding hydrogens is 244 g/mol. The fourth-order valence-corrected chi connectivity index (χ4v) is 1.70. The van der Waals surface area contributed by atoms with Crippen molar-refractivity contribution in [3.05, 3.63) is 47.7 Å². The van der Waals surface area contributed by atoms with Crippen LogP contribution >= 0.6 is 0 Å². The molecule has 2 aromatic rings. The number of benzene rings is 1. The van der Waals surface area contributed by atoms with Crippen molar-refractivity contribution in [3.8, 4) is 0 Å². The highest BCUT2D eigenvalue weighted by atomic mass is 16.3. The van der Waals surface area contributed by atoms with Crippen molar-refractivity contribution in [2.45, 2.75) is 13.2 Å². The van der Waals surface area contributed by atoms with Gasteiger partial charge in [0.05, 0.1) is 6.61 Å². The van der Waals surface area contributed by atoms with Crippen LogP contribution in [0.3, 0.4) is 0 Å². The summed E-state index contributed by atoms with van der Waals surface area (Å²) in [5.74, 6) is 0.496. The van der Waals surface area contributed by atoms with Crippen LogP contribution in [0.4, 0.5) is 10.6 Å². The maximum absolute atomic E-state index is 11.7. The average molecular weight is 260 g/mol. The second-order valence-electron chi connectivity index (χ2n) is 4.11. The standard InChI is InChI=1S/C13H16N4O2/c1-17-7-6-12(16-17)15-13(19)14-8-10-4-2-3-5-11(10)9-18/h2-7,18H,8-9H2,1H3,(H2,14,15,16,19). The van der Waals surface area contributed by atoms with Crippen molar-refractivity contribution < 1.29 is 9.90 Å². The number of amides is 2. The second kappa shape index (κ2) is 6.01. The maximum Gasteiger partial charge on any atom is 0.320 e. The Labute approximate surface area is 111 Å². The minimum Gasteiger partial charge on any atom is -0.392 e. The number of aryl methyl sites for hydroxylation is 1. The summed E-state index contributed by atoms with van der Waals surface area (Å²) in [6.45, 7) is 0.315. The van der Waals surface area contributed by atoms with Crippen molar-refractivity contribution in [2.75, 3.05) is 5.32 Å². The summed E-state index contributed by atoms with van der Waals surface area (Å²) >= 11 is 0. The first-order valence-electron chi connectivity index (χ1n) is 5.91. The Kier molecular flexibility index (Phi) is 4.15. The first kappa shape index (κ1) is 13.1. The number of hydrogen-bond acceptors (Lipinski definition) is 3. The fraction of sp³-hybridized carbons (Fsp3) is 0.231. The van der Waals surface area contributed by atoms with E-state index in [1.54, 1.807) is 24.0 Å². The normalized spacial score (nSPS) is 10.2. The van der Waals surface area contributed by atoms with Crippen LogP contribution in [0.2, 0.25) is 0 Å². The van der Waals surface area contributed by atoms with Crippen molar-refractivity contribution in [1.29, 1.82) is 0 Å². The molecule has 0 saturated heterocycles. The lowest BCUT2D eigenvalue weighted by Gasteiger charge is -2.09. The van der Waals surface area contributed by atoms with Crippen molar-refractivity contribution in [1.82, 2.24) is 15.1 Å². The van der Waals surface area contributed by atoms with Crippen molar-refractivity contribution >= 4 is 11.8 Å². The lowest BCUT2D eigenvalue weighted by molar-refractivity contribution is 0.251. The van der Waals surface area contributed by atoms with E-state index in [4.69, 9.17) is 0 Å². The van der Waals surface area contributed by atoms with Gasteiger partial charge in [-0.15, -0.1) is 0 Å². The minimum absolute atomic E-state index is 0.0420. The number of nitrogens with zero attached hydrogens (tertiary/aromatic N) is 2. The Bertz CT molecular complexity index is 565. The first-order chi connectivity index (χ1) is 9.19. The molecule has 0 unspecified atom stereocenters. The highest BCUT2D eigenvalue weighted by Gasteiger charge is 2.05. The number of nitrogens with one attached hydrogen (secondary N) is 2. The van der Waals surface area contributed by atoms with E-state index in [-0.39, 0.29) is 12.6 Å². The molecule has 0 spiro atoms. The highest BCUT2D eigenvalue weighted by Crippen LogP contribution is 2.08. The number of rotatable bonds is 4. The third-order valence-electron chi connectivity index (χ3n) is 2.68. The van der Waals surface area contributed by atoms with Crippen molar-refractivity contribution in [3.63, 3.8) is 0 Å². The van der Waals surface area contributed by atoms with Gasteiger partial charge in [0.1, 0.15) is 0 Å². The smallest absolute Gasteiger partial charge is 0.320 e. The number of carbonyl (C=O) groups excluding carboxylic acids is 1. The fourth-order valence-electron chi connectivity index (χ4n) is 1.70. The van der Waals surface area contributed by atoms with Crippen LogP contribution < -0.4 is 10.6 Å². The summed E-state index contributed by atoms with van der Waals surface area (Å²) in [6, 6.07) is 8.80. The highest BCUT2D eigenvalue weighted by molar-refractivity contribution is 5.88. The van der Waals surface area contributed by atoms with E-state index in [1.165, 1.54) is 0 Å². The average Bonchev–Trinajstić information content (AvgIpc) is 2.82. The van der Waals surface area contributed by atoms with Crippen LogP contribution in [0.5, 0.6) is 0 Å². The van der Waals surface area contributed by atoms with Crippen LogP contribution in [0.25, 0.3) is 0 Å². The van der Waals surface area contributed by atoms with Crippen molar-refractivity contribution in [2.24, 2.45) is 7.05 Å². The molecule has 6 nitrogen and oxygen atoms in total. The molecule has 100 valence electrons. The quantitative estimate of drug-likeness (QED) is 0.773. The van der Waals surface area contributed by atoms with Gasteiger partial charge in [0, 0.05) is 25.9 Å². The Balaban J connectivity index is 1.89. The number of aliphatic hydroxyl groups excluding tert-OH is 1. The summed E-state index contributed by atoms with van der Waals surface area (Å²) in [5.41, 5.74) is 1.70. The van der Waals surface area contributed by atoms with Gasteiger partial charge in [-0.3, -0.25) is 10.00 Å². The van der Waals surface area contributed by atoms with Gasteiger partial charge < -0.3 is 10.4 Å². The molecule has 1 heterocycles. The summed E-state index contributed by atoms with van der Waals surface area (Å²) in [7, 11) is 1.78. The third-order valence-corrected chi connectivity index (χ3v) is 2.68. The summed E-state index contributed by atoms with van der Waals surface area (Å²) in [4.78, 5) is 11.7. The number of aliphatic hydroxyl groups is 1. The Morgan fingerprint density at radius 1 is 1.32 bits per heavy atom. The zero-order valence-electron chi connectivity index (χ0n) is 10.6. The van der Waals surface area contributed by atoms with Crippen LogP contribution in [0.1, 0.15) is 11.1 Å². The molecule has 19 heavy (non-hydrogen) atoms. The number of carbonyl (C=O) groups is 1. The van der Waals surface area contributed by atoms with E-state index in [1.807, 2.05) is 24.3 Å². The molecule has 2 amide bonds. The predicted octanol–water partition coefficient (Wildman–Crippen LogP) is 1.23. The third kappa shape index (κ3) is 3.56. The van der Waals surface area contributed by atoms with Gasteiger partial charge in [-0.25, -0.2) is 4.79 Å². The molecule has 2 rings (SSSR count). The number of anilines is 1. The molecule has 3 N–H and O–H groups in total. The van der Waals surface area contributed by atoms with E-state index >= 15 is 0 Å². The molecule has 0 aliphatic carbocycles. The summed E-state index contributed by atoms with van der Waals surface area (Å²) in [6.07, 6.45) is 1.75. The molecule has 0 bridgehead atoms. The summed E-state index contributed by atoms with van der Waals surface area (Å²) in [5, 5.41) is 18.6. The van der Waals surface area contributed by atoms with Gasteiger partial charge in [0.2, 0.25) is 0 Å². The van der Waals surface area contributed by atoms with Crippen LogP contribution in [0, 0.1) is 0 Å². The zero-order chi connectivity index (χ0) is 13.7. The van der Waals surface area contributed by atoms with Gasteiger partial charge in [-0.2, -0.15) is 5.10 Å². The van der Waals surface area contributed by atoms with E-state index < -0.39 is 0 Å². The van der Waals surface area contributed by atoms with Gasteiger partial charge in [-0.1, -0.05) is 24.3 Å². The van der Waals surface area contributed by atoms with Gasteiger partial charge in [-0.05, 0) is 11.1 Å². The van der Waals surface area contributed by atoms with Crippen LogP contribution in [-0.2, 0) is 20.2 Å². The topological polar surface area (TPSA) is 79.2 Å². The lowest BCUT2D eigenvalue weighted by Crippen LogP contribution is -2.28. The molecule has 0 atom stereocenters. The number of aromatic nitrogens is 2. The Morgan fingerprint density at radius 2 is 2.05 bits per heavy atom. The Hall–Kier alpha value is -2.34.